The lowest BCUT2D eigenvalue weighted by Gasteiger charge is -2.11. The van der Waals surface area contributed by atoms with Gasteiger partial charge in [0.2, 0.25) is 0 Å². The summed E-state index contributed by atoms with van der Waals surface area (Å²) in [6.45, 7) is 6.74. The van der Waals surface area contributed by atoms with Crippen molar-refractivity contribution in [1.29, 1.82) is 0 Å². The number of hydrogen-bond donors (Lipinski definition) is 2. The molecule has 11 heavy (non-hydrogen) atoms. The van der Waals surface area contributed by atoms with Gasteiger partial charge in [-0.15, -0.1) is 0 Å². The summed E-state index contributed by atoms with van der Waals surface area (Å²) in [6.07, 6.45) is 3.80. The van der Waals surface area contributed by atoms with E-state index in [1.807, 2.05) is 7.05 Å². The monoisotopic (exact) mass is 158 g/mol. The molecule has 0 amide bonds. The molecule has 0 saturated heterocycles. The predicted octanol–water partition coefficient (Wildman–Crippen LogP) is 1.37. The summed E-state index contributed by atoms with van der Waals surface area (Å²) in [6, 6.07) is 0.692. The molecule has 2 heteroatoms. The topological polar surface area (TPSA) is 24.1 Å². The van der Waals surface area contributed by atoms with Gasteiger partial charge in [-0.3, -0.25) is 0 Å². The zero-order chi connectivity index (χ0) is 8.53. The first-order chi connectivity index (χ1) is 5.31. The summed E-state index contributed by atoms with van der Waals surface area (Å²) >= 11 is 0. The van der Waals surface area contributed by atoms with Gasteiger partial charge in [-0.05, 0) is 39.9 Å². The molecule has 0 bridgehead atoms. The fourth-order valence-electron chi connectivity index (χ4n) is 1.15. The van der Waals surface area contributed by atoms with Gasteiger partial charge in [0, 0.05) is 6.04 Å². The maximum Gasteiger partial charge on any atom is 0.00386 e. The van der Waals surface area contributed by atoms with E-state index < -0.39 is 0 Å². The average Bonchev–Trinajstić information content (AvgIpc) is 1.99. The van der Waals surface area contributed by atoms with Crippen LogP contribution in [-0.2, 0) is 0 Å². The Labute approximate surface area is 70.8 Å². The van der Waals surface area contributed by atoms with Crippen LogP contribution in [0.15, 0.2) is 0 Å². The molecule has 1 unspecified atom stereocenters. The molecular weight excluding hydrogens is 136 g/mol. The van der Waals surface area contributed by atoms with Gasteiger partial charge < -0.3 is 10.6 Å². The lowest BCUT2D eigenvalue weighted by molar-refractivity contribution is 0.498. The summed E-state index contributed by atoms with van der Waals surface area (Å²) < 4.78 is 0. The van der Waals surface area contributed by atoms with Gasteiger partial charge in [0.05, 0.1) is 0 Å². The van der Waals surface area contributed by atoms with Crippen LogP contribution in [0.25, 0.3) is 0 Å². The first-order valence-electron chi connectivity index (χ1n) is 4.69. The Bertz CT molecular complexity index is 74.0. The van der Waals surface area contributed by atoms with E-state index in [0.29, 0.717) is 6.04 Å². The molecule has 0 fully saturated rings. The van der Waals surface area contributed by atoms with E-state index in [2.05, 4.69) is 24.5 Å². The molecule has 1 atom stereocenters. The first-order valence-corrected chi connectivity index (χ1v) is 4.69. The SMILES string of the molecule is CCCC(C)NCCCNC. The van der Waals surface area contributed by atoms with Crippen LogP contribution in [0.2, 0.25) is 0 Å². The van der Waals surface area contributed by atoms with Crippen LogP contribution in [0.5, 0.6) is 0 Å². The lowest BCUT2D eigenvalue weighted by Crippen LogP contribution is -2.28. The van der Waals surface area contributed by atoms with Gasteiger partial charge in [-0.25, -0.2) is 0 Å². The molecule has 0 rings (SSSR count). The van der Waals surface area contributed by atoms with Crippen molar-refractivity contribution in [3.8, 4) is 0 Å². The summed E-state index contributed by atoms with van der Waals surface area (Å²) in [5.74, 6) is 0. The molecule has 0 aliphatic carbocycles. The van der Waals surface area contributed by atoms with Gasteiger partial charge in [-0.1, -0.05) is 13.3 Å². The molecule has 0 saturated carbocycles. The van der Waals surface area contributed by atoms with Crippen molar-refractivity contribution in [3.05, 3.63) is 0 Å². The van der Waals surface area contributed by atoms with Crippen LogP contribution in [0.3, 0.4) is 0 Å². The molecule has 0 heterocycles. The Balaban J connectivity index is 2.97. The lowest BCUT2D eigenvalue weighted by atomic mass is 10.2. The molecule has 0 aromatic heterocycles. The standard InChI is InChI=1S/C9H22N2/c1-4-6-9(2)11-8-5-7-10-3/h9-11H,4-8H2,1-3H3. The summed E-state index contributed by atoms with van der Waals surface area (Å²) in [5, 5.41) is 6.61. The minimum atomic E-state index is 0.692. The van der Waals surface area contributed by atoms with Crippen LogP contribution in [0.1, 0.15) is 33.1 Å². The van der Waals surface area contributed by atoms with E-state index in [1.54, 1.807) is 0 Å². The predicted molar refractivity (Wildman–Crippen MR) is 50.9 cm³/mol. The molecule has 2 N–H and O–H groups in total. The van der Waals surface area contributed by atoms with E-state index in [0.717, 1.165) is 13.1 Å². The van der Waals surface area contributed by atoms with Crippen LogP contribution in [0, 0.1) is 0 Å². The second kappa shape index (κ2) is 8.02. The largest absolute Gasteiger partial charge is 0.320 e. The van der Waals surface area contributed by atoms with Crippen LogP contribution in [-0.4, -0.2) is 26.2 Å². The molecule has 0 aliphatic rings. The molecule has 2 nitrogen and oxygen atoms in total. The van der Waals surface area contributed by atoms with Crippen molar-refractivity contribution < 1.29 is 0 Å². The molecule has 68 valence electrons. The highest BCUT2D eigenvalue weighted by Crippen LogP contribution is 1.93. The highest BCUT2D eigenvalue weighted by molar-refractivity contribution is 4.59. The van der Waals surface area contributed by atoms with Gasteiger partial charge in [-0.2, -0.15) is 0 Å². The average molecular weight is 158 g/mol. The number of hydrogen-bond acceptors (Lipinski definition) is 2. The van der Waals surface area contributed by atoms with Crippen molar-refractivity contribution >= 4 is 0 Å². The maximum atomic E-state index is 3.48. The molecule has 0 aromatic carbocycles. The fourth-order valence-corrected chi connectivity index (χ4v) is 1.15. The third-order valence-electron chi connectivity index (χ3n) is 1.82. The molecule has 0 aliphatic heterocycles. The molecule has 0 spiro atoms. The van der Waals surface area contributed by atoms with Crippen molar-refractivity contribution in [2.45, 2.75) is 39.2 Å². The quantitative estimate of drug-likeness (QED) is 0.547. The van der Waals surface area contributed by atoms with Crippen LogP contribution < -0.4 is 10.6 Å². The molecule has 0 radical (unpaired) electrons. The van der Waals surface area contributed by atoms with Crippen LogP contribution >= 0.6 is 0 Å². The smallest absolute Gasteiger partial charge is 0.00386 e. The second-order valence-electron chi connectivity index (χ2n) is 3.10. The number of nitrogens with one attached hydrogen (secondary N) is 2. The van der Waals surface area contributed by atoms with Crippen molar-refractivity contribution in [1.82, 2.24) is 10.6 Å². The Kier molecular flexibility index (Phi) is 7.96. The molecular formula is C9H22N2. The van der Waals surface area contributed by atoms with E-state index >= 15 is 0 Å². The van der Waals surface area contributed by atoms with Gasteiger partial charge in [0.15, 0.2) is 0 Å². The van der Waals surface area contributed by atoms with Crippen molar-refractivity contribution in [2.24, 2.45) is 0 Å². The van der Waals surface area contributed by atoms with E-state index in [4.69, 9.17) is 0 Å². The third-order valence-corrected chi connectivity index (χ3v) is 1.82. The molecule has 0 aromatic rings. The fraction of sp³-hybridized carbons (Fsp3) is 1.00. The Morgan fingerprint density at radius 1 is 1.27 bits per heavy atom. The van der Waals surface area contributed by atoms with E-state index in [1.165, 1.54) is 19.3 Å². The van der Waals surface area contributed by atoms with Crippen LogP contribution in [0.4, 0.5) is 0 Å². The second-order valence-corrected chi connectivity index (χ2v) is 3.10. The highest BCUT2D eigenvalue weighted by atomic mass is 14.9. The third kappa shape index (κ3) is 7.82. The van der Waals surface area contributed by atoms with E-state index in [-0.39, 0.29) is 0 Å². The summed E-state index contributed by atoms with van der Waals surface area (Å²) in [5.41, 5.74) is 0. The Hall–Kier alpha value is -0.0800. The maximum absolute atomic E-state index is 3.48. The van der Waals surface area contributed by atoms with Gasteiger partial charge in [0.1, 0.15) is 0 Å². The van der Waals surface area contributed by atoms with E-state index in [9.17, 15) is 0 Å². The zero-order valence-electron chi connectivity index (χ0n) is 8.11. The summed E-state index contributed by atoms with van der Waals surface area (Å²) in [4.78, 5) is 0. The minimum Gasteiger partial charge on any atom is -0.320 e. The van der Waals surface area contributed by atoms with Gasteiger partial charge >= 0.3 is 0 Å². The Morgan fingerprint density at radius 3 is 2.55 bits per heavy atom. The zero-order valence-corrected chi connectivity index (χ0v) is 8.11. The highest BCUT2D eigenvalue weighted by Gasteiger charge is 1.96. The summed E-state index contributed by atoms with van der Waals surface area (Å²) in [7, 11) is 2.00. The first kappa shape index (κ1) is 10.9. The van der Waals surface area contributed by atoms with Crippen molar-refractivity contribution in [2.75, 3.05) is 20.1 Å². The number of rotatable bonds is 7. The van der Waals surface area contributed by atoms with Gasteiger partial charge in [0.25, 0.3) is 0 Å². The Morgan fingerprint density at radius 2 is 2.00 bits per heavy atom. The minimum absolute atomic E-state index is 0.692. The van der Waals surface area contributed by atoms with Crippen molar-refractivity contribution in [3.63, 3.8) is 0 Å². The normalized spacial score (nSPS) is 13.4.